The molecule has 0 fully saturated rings. The van der Waals surface area contributed by atoms with E-state index in [9.17, 15) is 14.4 Å². The van der Waals surface area contributed by atoms with Crippen LogP contribution in [0.25, 0.3) is 11.1 Å². The lowest BCUT2D eigenvalue weighted by molar-refractivity contribution is -0.140. The number of amides is 1. The van der Waals surface area contributed by atoms with Crippen LogP contribution in [0.2, 0.25) is 0 Å². The molecule has 1 aliphatic carbocycles. The minimum absolute atomic E-state index is 0.0889. The predicted octanol–water partition coefficient (Wildman–Crippen LogP) is 1.64. The second kappa shape index (κ2) is 5.66. The molecule has 3 rings (SSSR count). The van der Waals surface area contributed by atoms with E-state index in [1.807, 2.05) is 12.1 Å². The molecule has 0 radical (unpaired) electrons. The lowest BCUT2D eigenvalue weighted by atomic mass is 10.1. The Morgan fingerprint density at radius 1 is 1.04 bits per heavy atom. The molecule has 1 amide bonds. The first kappa shape index (κ1) is 14.9. The molecule has 23 heavy (non-hydrogen) atoms. The molecular formula is C17H14N2O4. The van der Waals surface area contributed by atoms with E-state index in [1.54, 1.807) is 30.3 Å². The van der Waals surface area contributed by atoms with Crippen LogP contribution < -0.4 is 11.1 Å². The number of fused-ring (bicyclic) bond motifs is 3. The standard InChI is InChI=1S/C17H14N2O4/c18-14(17(22)23)8-15(20)19-9-5-6-11-10-3-1-2-4-12(10)16(21)13(11)7-9/h1-7,14H,8,18H2,(H,19,20)(H,22,23)/t14-/m0/s1. The summed E-state index contributed by atoms with van der Waals surface area (Å²) >= 11 is 0. The summed E-state index contributed by atoms with van der Waals surface area (Å²) < 4.78 is 0. The average Bonchev–Trinajstić information content (AvgIpc) is 2.80. The molecule has 6 nitrogen and oxygen atoms in total. The Bertz CT molecular complexity index is 829. The van der Waals surface area contributed by atoms with Crippen molar-refractivity contribution >= 4 is 23.3 Å². The SMILES string of the molecule is N[C@@H](CC(=O)Nc1ccc2c(c1)C(=O)c1ccccc1-2)C(=O)O. The number of carboxylic acids is 1. The molecule has 6 heteroatoms. The highest BCUT2D eigenvalue weighted by Crippen LogP contribution is 2.37. The molecule has 0 aliphatic heterocycles. The van der Waals surface area contributed by atoms with Gasteiger partial charge in [-0.15, -0.1) is 0 Å². The number of hydrogen-bond donors (Lipinski definition) is 3. The summed E-state index contributed by atoms with van der Waals surface area (Å²) in [6.45, 7) is 0. The van der Waals surface area contributed by atoms with Gasteiger partial charge in [0.2, 0.25) is 5.91 Å². The molecule has 0 spiro atoms. The van der Waals surface area contributed by atoms with Crippen molar-refractivity contribution in [3.05, 3.63) is 53.6 Å². The molecule has 116 valence electrons. The highest BCUT2D eigenvalue weighted by molar-refractivity contribution is 6.22. The van der Waals surface area contributed by atoms with E-state index in [-0.39, 0.29) is 12.2 Å². The van der Waals surface area contributed by atoms with Crippen LogP contribution in [0.3, 0.4) is 0 Å². The number of carboxylic acid groups (broad SMARTS) is 1. The van der Waals surface area contributed by atoms with Crippen LogP contribution in [0.4, 0.5) is 5.69 Å². The van der Waals surface area contributed by atoms with Gasteiger partial charge in [-0.3, -0.25) is 14.4 Å². The van der Waals surface area contributed by atoms with Crippen molar-refractivity contribution in [2.75, 3.05) is 5.32 Å². The number of ketones is 1. The molecular weight excluding hydrogens is 296 g/mol. The Morgan fingerprint density at radius 3 is 2.39 bits per heavy atom. The maximum absolute atomic E-state index is 12.4. The smallest absolute Gasteiger partial charge is 0.321 e. The number of nitrogens with one attached hydrogen (secondary N) is 1. The fourth-order valence-electron chi connectivity index (χ4n) is 2.60. The summed E-state index contributed by atoms with van der Waals surface area (Å²) in [5.41, 5.74) is 8.62. The Labute approximate surface area is 131 Å². The number of carbonyl (C=O) groups excluding carboxylic acids is 2. The summed E-state index contributed by atoms with van der Waals surface area (Å²) in [5, 5.41) is 11.3. The van der Waals surface area contributed by atoms with Crippen LogP contribution >= 0.6 is 0 Å². The van der Waals surface area contributed by atoms with Crippen molar-refractivity contribution in [3.63, 3.8) is 0 Å². The van der Waals surface area contributed by atoms with E-state index >= 15 is 0 Å². The molecule has 0 unspecified atom stereocenters. The number of hydrogen-bond acceptors (Lipinski definition) is 4. The van der Waals surface area contributed by atoms with Gasteiger partial charge in [-0.1, -0.05) is 30.3 Å². The minimum atomic E-state index is -1.25. The van der Waals surface area contributed by atoms with Gasteiger partial charge >= 0.3 is 5.97 Å². The van der Waals surface area contributed by atoms with Crippen molar-refractivity contribution in [1.29, 1.82) is 0 Å². The summed E-state index contributed by atoms with van der Waals surface area (Å²) in [5.74, 6) is -1.84. The van der Waals surface area contributed by atoms with Gasteiger partial charge in [-0.2, -0.15) is 0 Å². The van der Waals surface area contributed by atoms with Gasteiger partial charge in [0.05, 0.1) is 6.42 Å². The molecule has 0 aromatic heterocycles. The van der Waals surface area contributed by atoms with Crippen LogP contribution in [0.5, 0.6) is 0 Å². The highest BCUT2D eigenvalue weighted by Gasteiger charge is 2.26. The molecule has 2 aromatic carbocycles. The maximum Gasteiger partial charge on any atom is 0.321 e. The number of carbonyl (C=O) groups is 3. The Balaban J connectivity index is 1.82. The topological polar surface area (TPSA) is 109 Å². The lowest BCUT2D eigenvalue weighted by Gasteiger charge is -2.09. The van der Waals surface area contributed by atoms with E-state index in [0.717, 1.165) is 11.1 Å². The van der Waals surface area contributed by atoms with Crippen LogP contribution in [0, 0.1) is 0 Å². The number of nitrogens with two attached hydrogens (primary N) is 1. The molecule has 0 saturated heterocycles. The number of rotatable bonds is 4. The van der Waals surface area contributed by atoms with E-state index in [1.165, 1.54) is 0 Å². The second-order valence-electron chi connectivity index (χ2n) is 5.33. The summed E-state index contributed by atoms with van der Waals surface area (Å²) in [6.07, 6.45) is -0.333. The third-order valence-corrected chi connectivity index (χ3v) is 3.73. The van der Waals surface area contributed by atoms with Crippen LogP contribution in [0.1, 0.15) is 22.3 Å². The summed E-state index contributed by atoms with van der Waals surface area (Å²) in [4.78, 5) is 34.8. The second-order valence-corrected chi connectivity index (χ2v) is 5.33. The Hall–Kier alpha value is -2.99. The van der Waals surface area contributed by atoms with Crippen LogP contribution in [0.15, 0.2) is 42.5 Å². The zero-order valence-corrected chi connectivity index (χ0v) is 12.1. The molecule has 4 N–H and O–H groups in total. The first-order valence-electron chi connectivity index (χ1n) is 7.04. The van der Waals surface area contributed by atoms with Crippen LogP contribution in [-0.2, 0) is 9.59 Å². The van der Waals surface area contributed by atoms with E-state index in [2.05, 4.69) is 5.32 Å². The maximum atomic E-state index is 12.4. The van der Waals surface area contributed by atoms with Gasteiger partial charge in [-0.05, 0) is 23.3 Å². The molecule has 2 aromatic rings. The number of anilines is 1. The first-order valence-corrected chi connectivity index (χ1v) is 7.04. The van der Waals surface area contributed by atoms with E-state index in [0.29, 0.717) is 16.8 Å². The third kappa shape index (κ3) is 2.72. The molecule has 0 bridgehead atoms. The molecule has 1 aliphatic rings. The summed E-state index contributed by atoms with van der Waals surface area (Å²) in [6, 6.07) is 11.1. The molecule has 1 atom stereocenters. The number of aliphatic carboxylic acids is 1. The lowest BCUT2D eigenvalue weighted by Crippen LogP contribution is -2.34. The number of benzene rings is 2. The molecule has 0 heterocycles. The van der Waals surface area contributed by atoms with Gasteiger partial charge in [-0.25, -0.2) is 0 Å². The van der Waals surface area contributed by atoms with Crippen molar-refractivity contribution in [3.8, 4) is 11.1 Å². The first-order chi connectivity index (χ1) is 11.0. The predicted molar refractivity (Wildman–Crippen MR) is 84.2 cm³/mol. The zero-order valence-electron chi connectivity index (χ0n) is 12.1. The van der Waals surface area contributed by atoms with Gasteiger partial charge in [0, 0.05) is 16.8 Å². The van der Waals surface area contributed by atoms with Crippen LogP contribution in [-0.4, -0.2) is 28.8 Å². The van der Waals surface area contributed by atoms with E-state index in [4.69, 9.17) is 10.8 Å². The minimum Gasteiger partial charge on any atom is -0.480 e. The van der Waals surface area contributed by atoms with Gasteiger partial charge in [0.1, 0.15) is 6.04 Å². The monoisotopic (exact) mass is 310 g/mol. The highest BCUT2D eigenvalue weighted by atomic mass is 16.4. The van der Waals surface area contributed by atoms with E-state index < -0.39 is 17.9 Å². The van der Waals surface area contributed by atoms with Crippen molar-refractivity contribution in [1.82, 2.24) is 0 Å². The Morgan fingerprint density at radius 2 is 1.70 bits per heavy atom. The third-order valence-electron chi connectivity index (χ3n) is 3.73. The average molecular weight is 310 g/mol. The van der Waals surface area contributed by atoms with Gasteiger partial charge in [0.25, 0.3) is 0 Å². The quantitative estimate of drug-likeness (QED) is 0.678. The largest absolute Gasteiger partial charge is 0.480 e. The van der Waals surface area contributed by atoms with Crippen molar-refractivity contribution in [2.24, 2.45) is 5.73 Å². The molecule has 0 saturated carbocycles. The Kier molecular flexibility index (Phi) is 3.67. The van der Waals surface area contributed by atoms with Gasteiger partial charge < -0.3 is 16.2 Å². The van der Waals surface area contributed by atoms with Crippen molar-refractivity contribution in [2.45, 2.75) is 12.5 Å². The summed E-state index contributed by atoms with van der Waals surface area (Å²) in [7, 11) is 0. The fraction of sp³-hybridized carbons (Fsp3) is 0.118. The van der Waals surface area contributed by atoms with Gasteiger partial charge in [0.15, 0.2) is 5.78 Å². The van der Waals surface area contributed by atoms with Crippen molar-refractivity contribution < 1.29 is 19.5 Å². The zero-order chi connectivity index (χ0) is 16.6. The normalized spacial score (nSPS) is 13.2. The fourth-order valence-corrected chi connectivity index (χ4v) is 2.60.